The van der Waals surface area contributed by atoms with E-state index in [1.54, 1.807) is 18.2 Å². The predicted molar refractivity (Wildman–Crippen MR) is 87.9 cm³/mol. The summed E-state index contributed by atoms with van der Waals surface area (Å²) in [7, 11) is 0. The van der Waals surface area contributed by atoms with Crippen molar-refractivity contribution in [2.45, 2.75) is 33.2 Å². The van der Waals surface area contributed by atoms with E-state index >= 15 is 0 Å². The van der Waals surface area contributed by atoms with Crippen LogP contribution in [0.5, 0.6) is 0 Å². The van der Waals surface area contributed by atoms with Crippen molar-refractivity contribution in [3.8, 4) is 0 Å². The maximum absolute atomic E-state index is 12.8. The topological polar surface area (TPSA) is 64.4 Å². The number of amides is 1. The van der Waals surface area contributed by atoms with Gasteiger partial charge in [-0.1, -0.05) is 19.1 Å². The summed E-state index contributed by atoms with van der Waals surface area (Å²) in [6.07, 6.45) is 2.45. The molecular formula is C17H23N3O3. The minimum atomic E-state index is -0.427. The zero-order chi connectivity index (χ0) is 16.8. The molecule has 6 heteroatoms. The van der Waals surface area contributed by atoms with Gasteiger partial charge in [-0.2, -0.15) is 0 Å². The van der Waals surface area contributed by atoms with Gasteiger partial charge in [0.25, 0.3) is 0 Å². The van der Waals surface area contributed by atoms with Crippen molar-refractivity contribution in [1.82, 2.24) is 14.5 Å². The van der Waals surface area contributed by atoms with Gasteiger partial charge < -0.3 is 14.2 Å². The molecule has 2 rings (SSSR count). The fourth-order valence-corrected chi connectivity index (χ4v) is 2.57. The zero-order valence-corrected chi connectivity index (χ0v) is 13.9. The molecule has 0 aliphatic rings. The second-order valence-electron chi connectivity index (χ2n) is 5.38. The predicted octanol–water partition coefficient (Wildman–Crippen LogP) is 2.40. The summed E-state index contributed by atoms with van der Waals surface area (Å²) in [5.74, 6) is -0.486. The van der Waals surface area contributed by atoms with E-state index in [1.165, 1.54) is 0 Å². The summed E-state index contributed by atoms with van der Waals surface area (Å²) in [6, 6.07) is 7.24. The van der Waals surface area contributed by atoms with Gasteiger partial charge in [-0.15, -0.1) is 0 Å². The van der Waals surface area contributed by atoms with E-state index in [9.17, 15) is 9.59 Å². The SMILES string of the molecule is CCCN(CC(=O)OCC)C(=O)C(C)n1cnc2ccccc21. The number of ether oxygens (including phenoxy) is 1. The molecule has 0 spiro atoms. The number of carbonyl (C=O) groups is 2. The summed E-state index contributed by atoms with van der Waals surface area (Å²) in [5.41, 5.74) is 1.75. The first-order valence-corrected chi connectivity index (χ1v) is 7.94. The Morgan fingerprint density at radius 3 is 2.74 bits per heavy atom. The van der Waals surface area contributed by atoms with Crippen LogP contribution in [0.15, 0.2) is 30.6 Å². The van der Waals surface area contributed by atoms with Crippen LogP contribution in [0.2, 0.25) is 0 Å². The molecule has 1 atom stereocenters. The van der Waals surface area contributed by atoms with E-state index in [-0.39, 0.29) is 18.4 Å². The third-order valence-electron chi connectivity index (χ3n) is 3.69. The van der Waals surface area contributed by atoms with E-state index in [0.29, 0.717) is 13.2 Å². The third-order valence-corrected chi connectivity index (χ3v) is 3.69. The first-order chi connectivity index (χ1) is 11.1. The van der Waals surface area contributed by atoms with Crippen molar-refractivity contribution < 1.29 is 14.3 Å². The number of imidazole rings is 1. The smallest absolute Gasteiger partial charge is 0.325 e. The number of rotatable bonds is 7. The summed E-state index contributed by atoms with van der Waals surface area (Å²) in [5, 5.41) is 0. The first-order valence-electron chi connectivity index (χ1n) is 7.94. The summed E-state index contributed by atoms with van der Waals surface area (Å²) < 4.78 is 6.80. The Labute approximate surface area is 136 Å². The van der Waals surface area contributed by atoms with Crippen molar-refractivity contribution in [2.75, 3.05) is 19.7 Å². The summed E-state index contributed by atoms with van der Waals surface area (Å²) in [6.45, 7) is 6.37. The first kappa shape index (κ1) is 17.0. The van der Waals surface area contributed by atoms with Gasteiger partial charge in [0.1, 0.15) is 12.6 Å². The van der Waals surface area contributed by atoms with Crippen LogP contribution in [0.3, 0.4) is 0 Å². The third kappa shape index (κ3) is 3.88. The maximum atomic E-state index is 12.8. The molecule has 0 saturated carbocycles. The van der Waals surface area contributed by atoms with Crippen LogP contribution < -0.4 is 0 Å². The largest absolute Gasteiger partial charge is 0.465 e. The van der Waals surface area contributed by atoms with E-state index in [4.69, 9.17) is 4.74 Å². The average molecular weight is 317 g/mol. The molecule has 0 bridgehead atoms. The lowest BCUT2D eigenvalue weighted by Gasteiger charge is -2.25. The molecule has 6 nitrogen and oxygen atoms in total. The number of hydrogen-bond acceptors (Lipinski definition) is 4. The second-order valence-corrected chi connectivity index (χ2v) is 5.38. The fraction of sp³-hybridized carbons (Fsp3) is 0.471. The minimum Gasteiger partial charge on any atom is -0.465 e. The number of para-hydroxylation sites is 2. The van der Waals surface area contributed by atoms with E-state index < -0.39 is 6.04 Å². The lowest BCUT2D eigenvalue weighted by atomic mass is 10.2. The highest BCUT2D eigenvalue weighted by atomic mass is 16.5. The molecule has 23 heavy (non-hydrogen) atoms. The Morgan fingerprint density at radius 2 is 2.04 bits per heavy atom. The lowest BCUT2D eigenvalue weighted by molar-refractivity contribution is -0.149. The lowest BCUT2D eigenvalue weighted by Crippen LogP contribution is -2.40. The zero-order valence-electron chi connectivity index (χ0n) is 13.9. The quantitative estimate of drug-likeness (QED) is 0.736. The number of hydrogen-bond donors (Lipinski definition) is 0. The fourth-order valence-electron chi connectivity index (χ4n) is 2.57. The van der Waals surface area contributed by atoms with Crippen molar-refractivity contribution in [3.63, 3.8) is 0 Å². The maximum Gasteiger partial charge on any atom is 0.325 e. The van der Waals surface area contributed by atoms with E-state index in [2.05, 4.69) is 4.98 Å². The van der Waals surface area contributed by atoms with Gasteiger partial charge in [0.2, 0.25) is 5.91 Å². The van der Waals surface area contributed by atoms with Crippen molar-refractivity contribution in [2.24, 2.45) is 0 Å². The molecule has 0 radical (unpaired) electrons. The van der Waals surface area contributed by atoms with Gasteiger partial charge in [0.15, 0.2) is 0 Å². The number of carbonyl (C=O) groups excluding carboxylic acids is 2. The van der Waals surface area contributed by atoms with Crippen LogP contribution >= 0.6 is 0 Å². The Hall–Kier alpha value is -2.37. The van der Waals surface area contributed by atoms with Gasteiger partial charge in [0.05, 0.1) is 24.0 Å². The van der Waals surface area contributed by atoms with Crippen molar-refractivity contribution in [3.05, 3.63) is 30.6 Å². The Kier molecular flexibility index (Phi) is 5.73. The number of esters is 1. The molecule has 0 fully saturated rings. The molecule has 1 unspecified atom stereocenters. The molecule has 124 valence electrons. The van der Waals surface area contributed by atoms with Crippen LogP contribution in [-0.2, 0) is 14.3 Å². The summed E-state index contributed by atoms with van der Waals surface area (Å²) >= 11 is 0. The van der Waals surface area contributed by atoms with Gasteiger partial charge in [-0.25, -0.2) is 4.98 Å². The van der Waals surface area contributed by atoms with Crippen LogP contribution in [-0.4, -0.2) is 46.0 Å². The summed E-state index contributed by atoms with van der Waals surface area (Å²) in [4.78, 5) is 30.4. The number of fused-ring (bicyclic) bond motifs is 1. The standard InChI is InChI=1S/C17H23N3O3/c1-4-10-19(11-16(21)23-5-2)17(22)13(3)20-12-18-14-8-6-7-9-15(14)20/h6-9,12-13H,4-5,10-11H2,1-3H3. The number of benzene rings is 1. The van der Waals surface area contributed by atoms with Gasteiger partial charge in [0, 0.05) is 6.54 Å². The Bertz CT molecular complexity index is 681. The number of nitrogens with zero attached hydrogens (tertiary/aromatic N) is 3. The Balaban J connectivity index is 2.19. The molecule has 1 heterocycles. The molecule has 0 N–H and O–H groups in total. The van der Waals surface area contributed by atoms with Crippen LogP contribution in [0.1, 0.15) is 33.2 Å². The van der Waals surface area contributed by atoms with Crippen LogP contribution in [0.25, 0.3) is 11.0 Å². The average Bonchev–Trinajstić information content (AvgIpc) is 2.97. The highest BCUT2D eigenvalue weighted by Gasteiger charge is 2.24. The molecule has 0 saturated heterocycles. The minimum absolute atomic E-state index is 0.0164. The van der Waals surface area contributed by atoms with Crippen LogP contribution in [0.4, 0.5) is 0 Å². The van der Waals surface area contributed by atoms with E-state index in [0.717, 1.165) is 17.5 Å². The normalized spacial score (nSPS) is 12.1. The second kappa shape index (κ2) is 7.76. The molecule has 1 aromatic carbocycles. The van der Waals surface area contributed by atoms with Gasteiger partial charge >= 0.3 is 5.97 Å². The van der Waals surface area contributed by atoms with Crippen molar-refractivity contribution in [1.29, 1.82) is 0 Å². The number of aromatic nitrogens is 2. The monoisotopic (exact) mass is 317 g/mol. The van der Waals surface area contributed by atoms with Crippen molar-refractivity contribution >= 4 is 22.9 Å². The van der Waals surface area contributed by atoms with E-state index in [1.807, 2.05) is 42.7 Å². The Morgan fingerprint density at radius 1 is 1.30 bits per heavy atom. The van der Waals surface area contributed by atoms with Crippen LogP contribution in [0, 0.1) is 0 Å². The highest BCUT2D eigenvalue weighted by Crippen LogP contribution is 2.19. The highest BCUT2D eigenvalue weighted by molar-refractivity contribution is 5.86. The molecule has 1 aromatic heterocycles. The molecule has 1 amide bonds. The molecule has 0 aliphatic carbocycles. The molecule has 0 aliphatic heterocycles. The molecule has 2 aromatic rings. The molecular weight excluding hydrogens is 294 g/mol. The van der Waals surface area contributed by atoms with Gasteiger partial charge in [-0.3, -0.25) is 9.59 Å². The van der Waals surface area contributed by atoms with Gasteiger partial charge in [-0.05, 0) is 32.4 Å².